The number of anilines is 1. The van der Waals surface area contributed by atoms with Gasteiger partial charge in [-0.25, -0.2) is 0 Å². The number of nitrogens with zero attached hydrogens (tertiary/aromatic N) is 4. The van der Waals surface area contributed by atoms with E-state index in [0.29, 0.717) is 12.8 Å². The van der Waals surface area contributed by atoms with E-state index in [0.717, 1.165) is 49.7 Å². The van der Waals surface area contributed by atoms with E-state index < -0.39 is 0 Å². The van der Waals surface area contributed by atoms with E-state index in [4.69, 9.17) is 16.9 Å². The van der Waals surface area contributed by atoms with Crippen molar-refractivity contribution in [3.05, 3.63) is 28.8 Å². The van der Waals surface area contributed by atoms with Crippen LogP contribution in [0, 0.1) is 35.5 Å². The fourth-order valence-electron chi connectivity index (χ4n) is 3.08. The molecular formula is C18H23ClN4. The van der Waals surface area contributed by atoms with Gasteiger partial charge in [0.1, 0.15) is 0 Å². The zero-order valence-electron chi connectivity index (χ0n) is 13.6. The lowest BCUT2D eigenvalue weighted by atomic mass is 10.0. The molecule has 1 heterocycles. The van der Waals surface area contributed by atoms with Crippen molar-refractivity contribution in [2.24, 2.45) is 5.92 Å². The predicted octanol–water partition coefficient (Wildman–Crippen LogP) is 3.60. The van der Waals surface area contributed by atoms with Gasteiger partial charge in [0, 0.05) is 43.3 Å². The van der Waals surface area contributed by atoms with Crippen LogP contribution in [-0.4, -0.2) is 37.6 Å². The van der Waals surface area contributed by atoms with Crippen LogP contribution in [0.5, 0.6) is 0 Å². The van der Waals surface area contributed by atoms with Gasteiger partial charge in [-0.1, -0.05) is 17.7 Å². The van der Waals surface area contributed by atoms with Gasteiger partial charge < -0.3 is 9.80 Å². The number of hydrogen-bond donors (Lipinski definition) is 0. The average molecular weight is 331 g/mol. The van der Waals surface area contributed by atoms with Gasteiger partial charge in [0.2, 0.25) is 0 Å². The number of hydrogen-bond acceptors (Lipinski definition) is 4. The van der Waals surface area contributed by atoms with E-state index in [2.05, 4.69) is 34.9 Å². The summed E-state index contributed by atoms with van der Waals surface area (Å²) < 4.78 is 0. The molecule has 0 aliphatic carbocycles. The third kappa shape index (κ3) is 4.86. The van der Waals surface area contributed by atoms with Crippen molar-refractivity contribution < 1.29 is 0 Å². The van der Waals surface area contributed by atoms with Gasteiger partial charge in [-0.2, -0.15) is 10.5 Å². The molecule has 2 rings (SSSR count). The van der Waals surface area contributed by atoms with Crippen LogP contribution in [0.2, 0.25) is 5.02 Å². The average Bonchev–Trinajstić information content (AvgIpc) is 2.79. The van der Waals surface area contributed by atoms with Crippen LogP contribution in [0.1, 0.15) is 24.8 Å². The first kappa shape index (κ1) is 17.6. The minimum atomic E-state index is -0.0471. The summed E-state index contributed by atoms with van der Waals surface area (Å²) in [5, 5.41) is 18.7. The van der Waals surface area contributed by atoms with Crippen molar-refractivity contribution >= 4 is 17.3 Å². The van der Waals surface area contributed by atoms with Crippen molar-refractivity contribution in [1.29, 1.82) is 10.5 Å². The Labute approximate surface area is 143 Å². The van der Waals surface area contributed by atoms with Gasteiger partial charge >= 0.3 is 0 Å². The molecule has 5 heteroatoms. The summed E-state index contributed by atoms with van der Waals surface area (Å²) >= 11 is 6.24. The van der Waals surface area contributed by atoms with Crippen LogP contribution >= 0.6 is 11.6 Å². The van der Waals surface area contributed by atoms with E-state index in [9.17, 15) is 5.26 Å². The van der Waals surface area contributed by atoms with Crippen LogP contribution in [0.25, 0.3) is 0 Å². The molecule has 122 valence electrons. The molecule has 0 bridgehead atoms. The molecule has 1 unspecified atom stereocenters. The van der Waals surface area contributed by atoms with Gasteiger partial charge in [-0.15, -0.1) is 0 Å². The highest BCUT2D eigenvalue weighted by atomic mass is 35.5. The second kappa shape index (κ2) is 8.77. The topological polar surface area (TPSA) is 54.1 Å². The van der Waals surface area contributed by atoms with Crippen LogP contribution in [0.15, 0.2) is 18.2 Å². The van der Waals surface area contributed by atoms with Crippen molar-refractivity contribution in [2.75, 3.05) is 37.6 Å². The normalized spacial score (nSPS) is 17.1. The van der Waals surface area contributed by atoms with E-state index in [1.54, 1.807) is 0 Å². The summed E-state index contributed by atoms with van der Waals surface area (Å²) in [6.45, 7) is 6.72. The molecule has 0 amide bonds. The standard InChI is InChI=1S/C18H23ClN4/c1-15-17(19)6-2-7-18(15)23-10-4-9-22(11-12-23)14-16(13-21)5-3-8-20/h2,6-7,16H,3-5,9-12,14H2,1H3. The van der Waals surface area contributed by atoms with E-state index in [1.165, 1.54) is 5.69 Å². The van der Waals surface area contributed by atoms with Gasteiger partial charge in [-0.05, 0) is 44.0 Å². The number of rotatable bonds is 5. The van der Waals surface area contributed by atoms with Crippen molar-refractivity contribution in [2.45, 2.75) is 26.2 Å². The summed E-state index contributed by atoms with van der Waals surface area (Å²) in [6.07, 6.45) is 2.20. The maximum absolute atomic E-state index is 9.24. The Morgan fingerprint density at radius 2 is 2.04 bits per heavy atom. The molecule has 1 aromatic carbocycles. The SMILES string of the molecule is Cc1c(Cl)cccc1N1CCCN(CC(C#N)CCC#N)CC1. The summed E-state index contributed by atoms with van der Waals surface area (Å²) in [7, 11) is 0. The van der Waals surface area contributed by atoms with Crippen molar-refractivity contribution in [3.63, 3.8) is 0 Å². The summed E-state index contributed by atoms with van der Waals surface area (Å²) in [5.74, 6) is -0.0471. The lowest BCUT2D eigenvalue weighted by Gasteiger charge is -2.26. The first-order chi connectivity index (χ1) is 11.2. The van der Waals surface area contributed by atoms with Gasteiger partial charge in [0.15, 0.2) is 0 Å². The van der Waals surface area contributed by atoms with Crippen LogP contribution in [0.4, 0.5) is 5.69 Å². The molecule has 0 radical (unpaired) electrons. The smallest absolute Gasteiger partial charge is 0.0669 e. The molecule has 0 saturated carbocycles. The number of halogens is 1. The Hall–Kier alpha value is -1.75. The molecule has 0 aromatic heterocycles. The molecular weight excluding hydrogens is 308 g/mol. The zero-order chi connectivity index (χ0) is 16.7. The molecule has 0 N–H and O–H groups in total. The Bertz CT molecular complexity index is 602. The van der Waals surface area contributed by atoms with Crippen LogP contribution in [0.3, 0.4) is 0 Å². The Kier molecular flexibility index (Phi) is 6.71. The molecule has 1 aliphatic rings. The van der Waals surface area contributed by atoms with E-state index >= 15 is 0 Å². The molecule has 1 aromatic rings. The predicted molar refractivity (Wildman–Crippen MR) is 93.4 cm³/mol. The highest BCUT2D eigenvalue weighted by Crippen LogP contribution is 2.27. The first-order valence-electron chi connectivity index (χ1n) is 8.14. The van der Waals surface area contributed by atoms with Crippen molar-refractivity contribution in [1.82, 2.24) is 4.90 Å². The fraction of sp³-hybridized carbons (Fsp3) is 0.556. The Balaban J connectivity index is 1.96. The van der Waals surface area contributed by atoms with Crippen LogP contribution < -0.4 is 4.90 Å². The minimum absolute atomic E-state index is 0.0471. The Morgan fingerprint density at radius 1 is 1.22 bits per heavy atom. The number of nitriles is 2. The maximum atomic E-state index is 9.24. The van der Waals surface area contributed by atoms with E-state index in [1.807, 2.05) is 12.1 Å². The fourth-order valence-corrected chi connectivity index (χ4v) is 3.25. The third-order valence-corrected chi connectivity index (χ3v) is 4.84. The van der Waals surface area contributed by atoms with Gasteiger partial charge in [0.05, 0.1) is 18.1 Å². The second-order valence-electron chi connectivity index (χ2n) is 6.05. The molecule has 1 aliphatic heterocycles. The second-order valence-corrected chi connectivity index (χ2v) is 6.46. The summed E-state index contributed by atoms with van der Waals surface area (Å²) in [4.78, 5) is 4.74. The van der Waals surface area contributed by atoms with Crippen LogP contribution in [-0.2, 0) is 0 Å². The lowest BCUT2D eigenvalue weighted by molar-refractivity contribution is 0.262. The molecule has 1 fully saturated rings. The Morgan fingerprint density at radius 3 is 2.78 bits per heavy atom. The van der Waals surface area contributed by atoms with Crippen molar-refractivity contribution in [3.8, 4) is 12.1 Å². The largest absolute Gasteiger partial charge is 0.370 e. The summed E-state index contributed by atoms with van der Waals surface area (Å²) in [6, 6.07) is 10.5. The van der Waals surface area contributed by atoms with Gasteiger partial charge in [0.25, 0.3) is 0 Å². The molecule has 1 saturated heterocycles. The van der Waals surface area contributed by atoms with E-state index in [-0.39, 0.29) is 5.92 Å². The molecule has 1 atom stereocenters. The highest BCUT2D eigenvalue weighted by molar-refractivity contribution is 6.31. The lowest BCUT2D eigenvalue weighted by Crippen LogP contribution is -2.34. The first-order valence-corrected chi connectivity index (χ1v) is 8.52. The quantitative estimate of drug-likeness (QED) is 0.827. The molecule has 0 spiro atoms. The third-order valence-electron chi connectivity index (χ3n) is 4.43. The molecule has 4 nitrogen and oxygen atoms in total. The minimum Gasteiger partial charge on any atom is -0.370 e. The number of benzene rings is 1. The zero-order valence-corrected chi connectivity index (χ0v) is 14.4. The highest BCUT2D eigenvalue weighted by Gasteiger charge is 2.19. The van der Waals surface area contributed by atoms with Gasteiger partial charge in [-0.3, -0.25) is 0 Å². The monoisotopic (exact) mass is 330 g/mol. The maximum Gasteiger partial charge on any atom is 0.0669 e. The summed E-state index contributed by atoms with van der Waals surface area (Å²) in [5.41, 5.74) is 2.34. The molecule has 23 heavy (non-hydrogen) atoms.